The first kappa shape index (κ1) is 9.19. The molecule has 0 atom stereocenters. The number of amidine groups is 1. The smallest absolute Gasteiger partial charge is 0.0991 e. The van der Waals surface area contributed by atoms with Crippen molar-refractivity contribution in [3.63, 3.8) is 0 Å². The van der Waals surface area contributed by atoms with E-state index in [9.17, 15) is 0 Å². The van der Waals surface area contributed by atoms with Crippen LogP contribution in [0.15, 0.2) is 29.5 Å². The predicted octanol–water partition coefficient (Wildman–Crippen LogP) is 1.36. The van der Waals surface area contributed by atoms with Crippen LogP contribution in [-0.4, -0.2) is 35.9 Å². The van der Waals surface area contributed by atoms with Crippen LogP contribution in [0.2, 0.25) is 0 Å². The van der Waals surface area contributed by atoms with Gasteiger partial charge in [-0.15, -0.1) is 0 Å². The molecule has 0 spiro atoms. The minimum Gasteiger partial charge on any atom is -0.362 e. The van der Waals surface area contributed by atoms with Crippen molar-refractivity contribution < 1.29 is 0 Å². The van der Waals surface area contributed by atoms with E-state index >= 15 is 0 Å². The topological polar surface area (TPSA) is 28.5 Å². The number of likely N-dealkylation sites (N-methyl/N-ethyl adjacent to an activating group) is 1. The second-order valence-corrected chi connectivity index (χ2v) is 3.58. The summed E-state index contributed by atoms with van der Waals surface area (Å²) < 4.78 is 0. The van der Waals surface area contributed by atoms with Gasteiger partial charge in [0.25, 0.3) is 0 Å². The third kappa shape index (κ3) is 2.10. The van der Waals surface area contributed by atoms with Crippen molar-refractivity contribution in [2.45, 2.75) is 12.8 Å². The summed E-state index contributed by atoms with van der Waals surface area (Å²) in [5.74, 6) is 1.23. The number of rotatable bonds is 3. The molecule has 1 aliphatic rings. The maximum atomic E-state index is 4.45. The fraction of sp³-hybridized carbons (Fsp3) is 0.455. The Balaban J connectivity index is 1.89. The molecular weight excluding hydrogens is 174 g/mol. The van der Waals surface area contributed by atoms with Gasteiger partial charge in [0.2, 0.25) is 0 Å². The number of nitrogens with zero attached hydrogens (tertiary/aromatic N) is 3. The molecule has 0 unspecified atom stereocenters. The molecule has 0 N–H and O–H groups in total. The van der Waals surface area contributed by atoms with Gasteiger partial charge in [0, 0.05) is 32.4 Å². The second-order valence-electron chi connectivity index (χ2n) is 3.58. The minimum absolute atomic E-state index is 0.957. The van der Waals surface area contributed by atoms with E-state index in [1.165, 1.54) is 11.4 Å². The van der Waals surface area contributed by atoms with E-state index in [1.54, 1.807) is 0 Å². The Hall–Kier alpha value is -1.38. The van der Waals surface area contributed by atoms with Gasteiger partial charge in [-0.2, -0.15) is 0 Å². The van der Waals surface area contributed by atoms with Crippen LogP contribution >= 0.6 is 0 Å². The maximum Gasteiger partial charge on any atom is 0.0991 e. The molecule has 2 rings (SSSR count). The minimum atomic E-state index is 0.957. The van der Waals surface area contributed by atoms with Gasteiger partial charge < -0.3 is 4.90 Å². The molecule has 3 nitrogen and oxygen atoms in total. The van der Waals surface area contributed by atoms with Gasteiger partial charge in [-0.05, 0) is 18.1 Å². The first-order valence-electron chi connectivity index (χ1n) is 4.99. The molecule has 0 radical (unpaired) electrons. The van der Waals surface area contributed by atoms with E-state index in [0.717, 1.165) is 25.9 Å². The van der Waals surface area contributed by atoms with Crippen LogP contribution in [0.5, 0.6) is 0 Å². The maximum absolute atomic E-state index is 4.45. The predicted molar refractivity (Wildman–Crippen MR) is 57.5 cm³/mol. The number of aryl methyl sites for hydroxylation is 1. The molecule has 0 fully saturated rings. The first-order chi connectivity index (χ1) is 6.86. The molecular formula is C11H15N3. The van der Waals surface area contributed by atoms with Gasteiger partial charge in [-0.3, -0.25) is 9.98 Å². The van der Waals surface area contributed by atoms with E-state index in [2.05, 4.69) is 28.0 Å². The molecule has 0 aliphatic carbocycles. The lowest BCUT2D eigenvalue weighted by Crippen LogP contribution is -2.22. The molecule has 0 aromatic carbocycles. The van der Waals surface area contributed by atoms with Gasteiger partial charge in [-0.1, -0.05) is 6.07 Å². The Kier molecular flexibility index (Phi) is 2.77. The number of aromatic nitrogens is 1. The van der Waals surface area contributed by atoms with E-state index in [-0.39, 0.29) is 0 Å². The molecule has 1 aromatic heterocycles. The number of hydrogen-bond acceptors (Lipinski definition) is 3. The average Bonchev–Trinajstić information content (AvgIpc) is 2.63. The number of pyridine rings is 1. The molecule has 3 heteroatoms. The lowest BCUT2D eigenvalue weighted by Gasteiger charge is -2.13. The Labute approximate surface area is 84.5 Å². The summed E-state index contributed by atoms with van der Waals surface area (Å²) in [5.41, 5.74) is 1.29. The summed E-state index contributed by atoms with van der Waals surface area (Å²) in [6.07, 6.45) is 5.80. The molecule has 0 amide bonds. The highest BCUT2D eigenvalue weighted by molar-refractivity contribution is 5.83. The second kappa shape index (κ2) is 4.22. The zero-order valence-corrected chi connectivity index (χ0v) is 8.48. The molecule has 0 saturated heterocycles. The van der Waals surface area contributed by atoms with Crippen molar-refractivity contribution in [3.05, 3.63) is 30.1 Å². The Morgan fingerprint density at radius 3 is 3.00 bits per heavy atom. The molecule has 1 aromatic rings. The van der Waals surface area contributed by atoms with Gasteiger partial charge >= 0.3 is 0 Å². The molecule has 1 aliphatic heterocycles. The Morgan fingerprint density at radius 1 is 1.43 bits per heavy atom. The van der Waals surface area contributed by atoms with Crippen molar-refractivity contribution in [2.75, 3.05) is 20.1 Å². The Bertz CT molecular complexity index is 319. The van der Waals surface area contributed by atoms with Crippen LogP contribution in [0.3, 0.4) is 0 Å². The summed E-state index contributed by atoms with van der Waals surface area (Å²) in [6, 6.07) is 4.10. The fourth-order valence-corrected chi connectivity index (χ4v) is 1.65. The summed E-state index contributed by atoms with van der Waals surface area (Å²) in [4.78, 5) is 10.8. The zero-order valence-electron chi connectivity index (χ0n) is 8.48. The third-order valence-electron chi connectivity index (χ3n) is 2.53. The van der Waals surface area contributed by atoms with Crippen LogP contribution in [0.1, 0.15) is 12.0 Å². The summed E-state index contributed by atoms with van der Waals surface area (Å²) in [5, 5.41) is 0. The van der Waals surface area contributed by atoms with Crippen LogP contribution in [-0.2, 0) is 6.42 Å². The van der Waals surface area contributed by atoms with E-state index in [0.29, 0.717) is 0 Å². The van der Waals surface area contributed by atoms with Crippen molar-refractivity contribution >= 4 is 5.84 Å². The normalized spacial score (nSPS) is 15.8. The molecule has 0 saturated carbocycles. The molecule has 2 heterocycles. The molecule has 74 valence electrons. The highest BCUT2D eigenvalue weighted by Gasteiger charge is 2.11. The zero-order chi connectivity index (χ0) is 9.80. The highest BCUT2D eigenvalue weighted by Crippen LogP contribution is 2.07. The van der Waals surface area contributed by atoms with E-state index < -0.39 is 0 Å². The number of aliphatic imine (C=N–C) groups is 1. The van der Waals surface area contributed by atoms with E-state index in [4.69, 9.17) is 0 Å². The fourth-order valence-electron chi connectivity index (χ4n) is 1.65. The number of hydrogen-bond donors (Lipinski definition) is 0. The molecule has 14 heavy (non-hydrogen) atoms. The average molecular weight is 189 g/mol. The highest BCUT2D eigenvalue weighted by atomic mass is 15.2. The molecule has 0 bridgehead atoms. The van der Waals surface area contributed by atoms with E-state index in [1.807, 2.05) is 18.5 Å². The van der Waals surface area contributed by atoms with Crippen molar-refractivity contribution in [2.24, 2.45) is 4.99 Å². The van der Waals surface area contributed by atoms with Crippen molar-refractivity contribution in [1.29, 1.82) is 0 Å². The SMILES string of the molecule is CN1CCN=C1CCc1cccnc1. The largest absolute Gasteiger partial charge is 0.362 e. The summed E-state index contributed by atoms with van der Waals surface area (Å²) in [6.45, 7) is 2.03. The Morgan fingerprint density at radius 2 is 2.36 bits per heavy atom. The quantitative estimate of drug-likeness (QED) is 0.718. The third-order valence-corrected chi connectivity index (χ3v) is 2.53. The lowest BCUT2D eigenvalue weighted by atomic mass is 10.1. The first-order valence-corrected chi connectivity index (χ1v) is 4.99. The monoisotopic (exact) mass is 189 g/mol. The van der Waals surface area contributed by atoms with Crippen LogP contribution in [0, 0.1) is 0 Å². The van der Waals surface area contributed by atoms with Crippen LogP contribution in [0.25, 0.3) is 0 Å². The summed E-state index contributed by atoms with van der Waals surface area (Å²) >= 11 is 0. The van der Waals surface area contributed by atoms with Crippen LogP contribution in [0.4, 0.5) is 0 Å². The summed E-state index contributed by atoms with van der Waals surface area (Å²) in [7, 11) is 2.11. The van der Waals surface area contributed by atoms with Crippen molar-refractivity contribution in [3.8, 4) is 0 Å². The van der Waals surface area contributed by atoms with Gasteiger partial charge in [0.05, 0.1) is 12.4 Å². The van der Waals surface area contributed by atoms with Crippen molar-refractivity contribution in [1.82, 2.24) is 9.88 Å². The van der Waals surface area contributed by atoms with Gasteiger partial charge in [0.1, 0.15) is 0 Å². The standard InChI is InChI=1S/C11H15N3/c1-14-8-7-13-11(14)5-4-10-3-2-6-12-9-10/h2-3,6,9H,4-5,7-8H2,1H3. The van der Waals surface area contributed by atoms with Gasteiger partial charge in [-0.25, -0.2) is 0 Å². The van der Waals surface area contributed by atoms with Crippen LogP contribution < -0.4 is 0 Å². The van der Waals surface area contributed by atoms with Gasteiger partial charge in [0.15, 0.2) is 0 Å². The lowest BCUT2D eigenvalue weighted by molar-refractivity contribution is 0.544.